The van der Waals surface area contributed by atoms with Crippen molar-refractivity contribution in [2.75, 3.05) is 6.54 Å². The topological polar surface area (TPSA) is 69.6 Å². The van der Waals surface area contributed by atoms with Crippen LogP contribution in [-0.2, 0) is 11.2 Å². The molecule has 4 heteroatoms. The Morgan fingerprint density at radius 3 is 2.90 bits per heavy atom. The quantitative estimate of drug-likeness (QED) is 0.774. The molecular formula is C16H23NO3. The lowest BCUT2D eigenvalue weighted by Crippen LogP contribution is -2.38. The molecule has 0 saturated carbocycles. The van der Waals surface area contributed by atoms with E-state index < -0.39 is 11.9 Å². The van der Waals surface area contributed by atoms with E-state index in [9.17, 15) is 15.0 Å². The summed E-state index contributed by atoms with van der Waals surface area (Å²) < 4.78 is 0. The zero-order valence-electron chi connectivity index (χ0n) is 12.1. The third kappa shape index (κ3) is 2.80. The highest BCUT2D eigenvalue weighted by Crippen LogP contribution is 2.35. The van der Waals surface area contributed by atoms with E-state index in [1.165, 1.54) is 0 Å². The molecule has 1 aromatic carbocycles. The molecule has 0 aliphatic carbocycles. The van der Waals surface area contributed by atoms with Gasteiger partial charge in [-0.15, -0.1) is 0 Å². The van der Waals surface area contributed by atoms with Crippen molar-refractivity contribution in [3.8, 4) is 5.75 Å². The number of hydrogen-bond acceptors (Lipinski definition) is 3. The SMILES string of the molecule is CCCCC(C(=O)O)C1NCCc2c1ccc(O)c2C. The van der Waals surface area contributed by atoms with Crippen LogP contribution >= 0.6 is 0 Å². The lowest BCUT2D eigenvalue weighted by molar-refractivity contribution is -0.143. The maximum absolute atomic E-state index is 11.6. The van der Waals surface area contributed by atoms with Crippen LogP contribution in [0.15, 0.2) is 12.1 Å². The number of phenols is 1. The van der Waals surface area contributed by atoms with Gasteiger partial charge in [0.1, 0.15) is 5.75 Å². The van der Waals surface area contributed by atoms with E-state index in [1.807, 2.05) is 13.0 Å². The predicted octanol–water partition coefficient (Wildman–Crippen LogP) is 2.78. The van der Waals surface area contributed by atoms with E-state index in [0.29, 0.717) is 12.2 Å². The number of nitrogens with one attached hydrogen (secondary N) is 1. The summed E-state index contributed by atoms with van der Waals surface area (Å²) in [7, 11) is 0. The van der Waals surface area contributed by atoms with Gasteiger partial charge in [0.05, 0.1) is 5.92 Å². The summed E-state index contributed by atoms with van der Waals surface area (Å²) in [5.41, 5.74) is 3.03. The van der Waals surface area contributed by atoms with Gasteiger partial charge in [0.25, 0.3) is 0 Å². The number of benzene rings is 1. The van der Waals surface area contributed by atoms with Crippen LogP contribution in [0.4, 0.5) is 0 Å². The molecule has 0 aromatic heterocycles. The molecule has 0 amide bonds. The van der Waals surface area contributed by atoms with Crippen molar-refractivity contribution in [2.24, 2.45) is 5.92 Å². The Kier molecular flexibility index (Phi) is 4.65. The first-order chi connectivity index (χ1) is 9.56. The molecule has 2 unspecified atom stereocenters. The van der Waals surface area contributed by atoms with Crippen LogP contribution in [0.3, 0.4) is 0 Å². The molecule has 3 N–H and O–H groups in total. The number of hydrogen-bond donors (Lipinski definition) is 3. The third-order valence-corrected chi connectivity index (χ3v) is 4.27. The highest BCUT2D eigenvalue weighted by molar-refractivity contribution is 5.71. The zero-order valence-corrected chi connectivity index (χ0v) is 12.1. The largest absolute Gasteiger partial charge is 0.508 e. The van der Waals surface area contributed by atoms with Gasteiger partial charge < -0.3 is 15.5 Å². The standard InChI is InChI=1S/C16H23NO3/c1-3-4-5-13(16(19)20)15-12-6-7-14(18)10(2)11(12)8-9-17-15/h6-7,13,15,17-18H,3-5,8-9H2,1-2H3,(H,19,20). The van der Waals surface area contributed by atoms with Crippen molar-refractivity contribution >= 4 is 5.97 Å². The van der Waals surface area contributed by atoms with E-state index in [-0.39, 0.29) is 6.04 Å². The Morgan fingerprint density at radius 2 is 2.25 bits per heavy atom. The Hall–Kier alpha value is -1.55. The molecular weight excluding hydrogens is 254 g/mol. The summed E-state index contributed by atoms with van der Waals surface area (Å²) in [6.07, 6.45) is 3.44. The summed E-state index contributed by atoms with van der Waals surface area (Å²) >= 11 is 0. The Bertz CT molecular complexity index is 499. The van der Waals surface area contributed by atoms with Gasteiger partial charge >= 0.3 is 5.97 Å². The van der Waals surface area contributed by atoms with Crippen molar-refractivity contribution in [1.82, 2.24) is 5.32 Å². The van der Waals surface area contributed by atoms with E-state index in [2.05, 4.69) is 12.2 Å². The van der Waals surface area contributed by atoms with Crippen molar-refractivity contribution in [3.63, 3.8) is 0 Å². The van der Waals surface area contributed by atoms with Crippen LogP contribution in [0.2, 0.25) is 0 Å². The molecule has 1 aliphatic heterocycles. The minimum Gasteiger partial charge on any atom is -0.508 e. The number of phenolic OH excluding ortho intramolecular Hbond substituents is 1. The first-order valence-corrected chi connectivity index (χ1v) is 7.33. The summed E-state index contributed by atoms with van der Waals surface area (Å²) in [5.74, 6) is -0.850. The number of carboxylic acids is 1. The van der Waals surface area contributed by atoms with Crippen molar-refractivity contribution in [3.05, 3.63) is 28.8 Å². The second-order valence-electron chi connectivity index (χ2n) is 5.55. The fraction of sp³-hybridized carbons (Fsp3) is 0.562. The number of carbonyl (C=O) groups is 1. The first-order valence-electron chi connectivity index (χ1n) is 7.33. The highest BCUT2D eigenvalue weighted by Gasteiger charge is 2.32. The van der Waals surface area contributed by atoms with Gasteiger partial charge in [-0.05, 0) is 49.1 Å². The molecule has 2 rings (SSSR count). The molecule has 4 nitrogen and oxygen atoms in total. The number of carboxylic acid groups (broad SMARTS) is 1. The van der Waals surface area contributed by atoms with Crippen molar-refractivity contribution in [1.29, 1.82) is 0 Å². The fourth-order valence-corrected chi connectivity index (χ4v) is 3.07. The zero-order chi connectivity index (χ0) is 14.7. The molecule has 0 saturated heterocycles. The monoisotopic (exact) mass is 277 g/mol. The van der Waals surface area contributed by atoms with E-state index in [0.717, 1.165) is 42.5 Å². The normalized spacial score (nSPS) is 19.4. The van der Waals surface area contributed by atoms with E-state index >= 15 is 0 Å². The molecule has 0 bridgehead atoms. The van der Waals surface area contributed by atoms with Gasteiger partial charge in [0, 0.05) is 6.04 Å². The maximum Gasteiger partial charge on any atom is 0.308 e. The van der Waals surface area contributed by atoms with Crippen LogP contribution in [0, 0.1) is 12.8 Å². The molecule has 0 spiro atoms. The smallest absolute Gasteiger partial charge is 0.308 e. The van der Waals surface area contributed by atoms with Crippen LogP contribution in [0.1, 0.15) is 48.9 Å². The van der Waals surface area contributed by atoms with Gasteiger partial charge in [-0.25, -0.2) is 0 Å². The number of rotatable bonds is 5. The molecule has 2 atom stereocenters. The molecule has 1 aromatic rings. The molecule has 0 radical (unpaired) electrons. The fourth-order valence-electron chi connectivity index (χ4n) is 3.07. The Morgan fingerprint density at radius 1 is 1.50 bits per heavy atom. The summed E-state index contributed by atoms with van der Waals surface area (Å²) in [5, 5.41) is 22.7. The lowest BCUT2D eigenvalue weighted by atomic mass is 9.82. The molecule has 0 fully saturated rings. The first kappa shape index (κ1) is 14.9. The number of aliphatic carboxylic acids is 1. The van der Waals surface area contributed by atoms with Crippen LogP contribution in [0.25, 0.3) is 0 Å². The van der Waals surface area contributed by atoms with Crippen LogP contribution in [-0.4, -0.2) is 22.7 Å². The third-order valence-electron chi connectivity index (χ3n) is 4.27. The molecule has 110 valence electrons. The summed E-state index contributed by atoms with van der Waals surface area (Å²) in [6, 6.07) is 3.39. The van der Waals surface area contributed by atoms with Gasteiger partial charge in [-0.1, -0.05) is 25.8 Å². The predicted molar refractivity (Wildman–Crippen MR) is 77.9 cm³/mol. The number of unbranched alkanes of at least 4 members (excludes halogenated alkanes) is 1. The summed E-state index contributed by atoms with van der Waals surface area (Å²) in [4.78, 5) is 11.6. The average Bonchev–Trinajstić information content (AvgIpc) is 2.43. The Labute approximate surface area is 119 Å². The minimum absolute atomic E-state index is 0.151. The van der Waals surface area contributed by atoms with E-state index in [1.54, 1.807) is 6.07 Å². The second kappa shape index (κ2) is 6.27. The van der Waals surface area contributed by atoms with Crippen molar-refractivity contribution in [2.45, 2.75) is 45.6 Å². The number of aromatic hydroxyl groups is 1. The lowest BCUT2D eigenvalue weighted by Gasteiger charge is -2.32. The minimum atomic E-state index is -0.741. The highest BCUT2D eigenvalue weighted by atomic mass is 16.4. The molecule has 1 aliphatic rings. The van der Waals surface area contributed by atoms with Gasteiger partial charge in [0.15, 0.2) is 0 Å². The summed E-state index contributed by atoms with van der Waals surface area (Å²) in [6.45, 7) is 4.74. The Balaban J connectivity index is 2.35. The molecule has 20 heavy (non-hydrogen) atoms. The average molecular weight is 277 g/mol. The van der Waals surface area contributed by atoms with Gasteiger partial charge in [-0.3, -0.25) is 4.79 Å². The number of fused-ring (bicyclic) bond motifs is 1. The van der Waals surface area contributed by atoms with Crippen LogP contribution in [0.5, 0.6) is 5.75 Å². The van der Waals surface area contributed by atoms with E-state index in [4.69, 9.17) is 0 Å². The second-order valence-corrected chi connectivity index (χ2v) is 5.55. The molecule has 1 heterocycles. The van der Waals surface area contributed by atoms with Crippen molar-refractivity contribution < 1.29 is 15.0 Å². The van der Waals surface area contributed by atoms with Crippen LogP contribution < -0.4 is 5.32 Å². The van der Waals surface area contributed by atoms with Gasteiger partial charge in [-0.2, -0.15) is 0 Å². The maximum atomic E-state index is 11.6. The van der Waals surface area contributed by atoms with Gasteiger partial charge in [0.2, 0.25) is 0 Å².